The number of ether oxygens (including phenoxy) is 4. The predicted octanol–water partition coefficient (Wildman–Crippen LogP) is 8.29. The van der Waals surface area contributed by atoms with Gasteiger partial charge < -0.3 is 39.1 Å². The van der Waals surface area contributed by atoms with Gasteiger partial charge in [0.1, 0.15) is 35.6 Å². The molecule has 5 heterocycles. The lowest BCUT2D eigenvalue weighted by Gasteiger charge is -2.30. The number of alkyl carbamates (subject to hydrolysis) is 1. The molecule has 0 radical (unpaired) electrons. The van der Waals surface area contributed by atoms with E-state index >= 15 is 0 Å². The first-order valence-corrected chi connectivity index (χ1v) is 20.7. The van der Waals surface area contributed by atoms with E-state index in [1.54, 1.807) is 12.0 Å². The Balaban J connectivity index is 1.05. The van der Waals surface area contributed by atoms with Crippen molar-refractivity contribution in [2.24, 2.45) is 17.8 Å². The van der Waals surface area contributed by atoms with Crippen LogP contribution in [-0.4, -0.2) is 93.4 Å². The number of hydrogen-bond donors (Lipinski definition) is 3. The minimum Gasteiger partial charge on any atom is -0.488 e. The molecule has 3 N–H and O–H groups in total. The maximum absolute atomic E-state index is 13.9. The molecule has 0 bridgehead atoms. The van der Waals surface area contributed by atoms with E-state index < -0.39 is 17.7 Å². The highest BCUT2D eigenvalue weighted by Crippen LogP contribution is 2.44. The van der Waals surface area contributed by atoms with Gasteiger partial charge in [-0.3, -0.25) is 9.69 Å². The number of carbonyl (C=O) groups is 3. The fraction of sp³-hybridized carbons (Fsp3) is 0.489. The van der Waals surface area contributed by atoms with E-state index in [1.165, 1.54) is 7.11 Å². The molecule has 0 aliphatic carbocycles. The average Bonchev–Trinajstić information content (AvgIpc) is 4.03. The summed E-state index contributed by atoms with van der Waals surface area (Å²) in [6.45, 7) is 13.8. The van der Waals surface area contributed by atoms with Gasteiger partial charge in [0, 0.05) is 37.1 Å². The van der Waals surface area contributed by atoms with E-state index in [2.05, 4.69) is 58.6 Å². The third-order valence-corrected chi connectivity index (χ3v) is 12.1. The first-order valence-electron chi connectivity index (χ1n) is 20.7. The minimum absolute atomic E-state index is 0.0690. The number of fused-ring (bicyclic) bond motifs is 6. The van der Waals surface area contributed by atoms with Crippen LogP contribution in [0.2, 0.25) is 0 Å². The van der Waals surface area contributed by atoms with Gasteiger partial charge in [0.05, 0.1) is 48.7 Å². The number of hydrogen-bond acceptors (Lipinski definition) is 9. The summed E-state index contributed by atoms with van der Waals surface area (Å²) in [6, 6.07) is 13.5. The standard InChI is InChI=1S/C45H55N7O7/c1-9-25(3)38(50-43(54)57-8)42(53)51-20-24(2)14-35(51)40-46-19-34(48-40)28-10-12-30-29(16-28)23-58-37-18-31-27(17-32(30)37)11-13-33-39(31)49-41(47-33)36-15-26(22-56-7)21-52(36)44(55)59-45(4,5)6/h10-13,16-19,24-26,35-36,38H,9,14-15,20-23H2,1-8H3,(H,46,48)(H,47,49)(H,50,54). The van der Waals surface area contributed by atoms with Crippen molar-refractivity contribution in [2.75, 3.05) is 33.9 Å². The van der Waals surface area contributed by atoms with E-state index in [-0.39, 0.29) is 41.8 Å². The maximum Gasteiger partial charge on any atom is 0.410 e. The van der Waals surface area contributed by atoms with Crippen molar-refractivity contribution in [3.63, 3.8) is 0 Å². The summed E-state index contributed by atoms with van der Waals surface area (Å²) in [5.41, 5.74) is 6.07. The van der Waals surface area contributed by atoms with Crippen LogP contribution in [0.4, 0.5) is 9.59 Å². The molecule has 59 heavy (non-hydrogen) atoms. The third-order valence-electron chi connectivity index (χ3n) is 12.1. The maximum atomic E-state index is 13.9. The van der Waals surface area contributed by atoms with Crippen LogP contribution in [0.3, 0.4) is 0 Å². The summed E-state index contributed by atoms with van der Waals surface area (Å²) < 4.78 is 22.5. The Labute approximate surface area is 344 Å². The Kier molecular flexibility index (Phi) is 10.8. The number of benzene rings is 3. The van der Waals surface area contributed by atoms with Crippen molar-refractivity contribution >= 4 is 39.9 Å². The number of likely N-dealkylation sites (tertiary alicyclic amines) is 2. The Hall–Kier alpha value is -5.63. The number of nitrogens with zero attached hydrogens (tertiary/aromatic N) is 4. The summed E-state index contributed by atoms with van der Waals surface area (Å²) in [7, 11) is 2.99. The van der Waals surface area contributed by atoms with Gasteiger partial charge in [-0.2, -0.15) is 0 Å². The summed E-state index contributed by atoms with van der Waals surface area (Å²) in [5.74, 6) is 2.47. The van der Waals surface area contributed by atoms with Gasteiger partial charge in [0.2, 0.25) is 5.91 Å². The van der Waals surface area contributed by atoms with Crippen LogP contribution < -0.4 is 10.1 Å². The van der Waals surface area contributed by atoms with Gasteiger partial charge in [-0.25, -0.2) is 19.6 Å². The Morgan fingerprint density at radius 1 is 0.983 bits per heavy atom. The number of H-pyrrole nitrogens is 2. The van der Waals surface area contributed by atoms with Crippen molar-refractivity contribution < 1.29 is 33.3 Å². The average molecular weight is 806 g/mol. The monoisotopic (exact) mass is 805 g/mol. The van der Waals surface area contributed by atoms with Crippen molar-refractivity contribution in [3.05, 3.63) is 65.9 Å². The van der Waals surface area contributed by atoms with Gasteiger partial charge in [0.15, 0.2) is 0 Å². The van der Waals surface area contributed by atoms with Crippen LogP contribution in [0.15, 0.2) is 48.7 Å². The van der Waals surface area contributed by atoms with E-state index in [9.17, 15) is 14.4 Å². The molecular weight excluding hydrogens is 751 g/mol. The van der Waals surface area contributed by atoms with Crippen LogP contribution in [0.5, 0.6) is 5.75 Å². The molecule has 6 unspecified atom stereocenters. The van der Waals surface area contributed by atoms with Crippen molar-refractivity contribution in [1.82, 2.24) is 35.1 Å². The highest BCUT2D eigenvalue weighted by molar-refractivity contribution is 6.07. The molecule has 312 valence electrons. The summed E-state index contributed by atoms with van der Waals surface area (Å²) in [6.07, 6.45) is 3.06. The summed E-state index contributed by atoms with van der Waals surface area (Å²) in [4.78, 5) is 60.0. The normalized spacial score (nSPS) is 21.2. The number of imidazole rings is 2. The summed E-state index contributed by atoms with van der Waals surface area (Å²) >= 11 is 0. The molecule has 8 rings (SSSR count). The van der Waals surface area contributed by atoms with E-state index in [1.807, 2.05) is 51.8 Å². The molecular formula is C45H55N7O7. The SMILES string of the molecule is CCC(C)C(NC(=O)OC)C(=O)N1CC(C)CC1c1ncc(-c2ccc3c(c2)COc2cc4c(ccc5[nH]c(C6CC(COC)CN6C(=O)OC(C)(C)C)nc54)cc2-3)[nH]1. The molecule has 2 saturated heterocycles. The molecule has 2 fully saturated rings. The van der Waals surface area contributed by atoms with Crippen LogP contribution in [0, 0.1) is 17.8 Å². The summed E-state index contributed by atoms with van der Waals surface area (Å²) in [5, 5.41) is 4.77. The molecule has 3 aromatic carbocycles. The van der Waals surface area contributed by atoms with Gasteiger partial charge >= 0.3 is 12.2 Å². The number of rotatable bonds is 9. The Morgan fingerprint density at radius 3 is 2.53 bits per heavy atom. The number of carbonyl (C=O) groups excluding carboxylic acids is 3. The molecule has 3 aliphatic rings. The van der Waals surface area contributed by atoms with E-state index in [4.69, 9.17) is 28.9 Å². The second-order valence-corrected chi connectivity index (χ2v) is 17.5. The zero-order chi connectivity index (χ0) is 41.7. The minimum atomic E-state index is -0.693. The molecule has 0 spiro atoms. The zero-order valence-corrected chi connectivity index (χ0v) is 35.2. The van der Waals surface area contributed by atoms with Crippen LogP contribution in [0.1, 0.15) is 90.1 Å². The molecule has 3 amide bonds. The van der Waals surface area contributed by atoms with Gasteiger partial charge in [-0.15, -0.1) is 0 Å². The molecule has 0 saturated carbocycles. The van der Waals surface area contributed by atoms with E-state index in [0.29, 0.717) is 26.3 Å². The van der Waals surface area contributed by atoms with Gasteiger partial charge in [-0.1, -0.05) is 45.4 Å². The predicted molar refractivity (Wildman–Crippen MR) is 224 cm³/mol. The van der Waals surface area contributed by atoms with Crippen molar-refractivity contribution in [3.8, 4) is 28.1 Å². The largest absolute Gasteiger partial charge is 0.488 e. The molecule has 14 heteroatoms. The number of aromatic amines is 2. The fourth-order valence-corrected chi connectivity index (χ4v) is 8.94. The smallest absolute Gasteiger partial charge is 0.410 e. The molecule has 3 aliphatic heterocycles. The van der Waals surface area contributed by atoms with Gasteiger partial charge in [-0.05, 0) is 91.8 Å². The van der Waals surface area contributed by atoms with Gasteiger partial charge in [0.25, 0.3) is 0 Å². The molecule has 6 atom stereocenters. The topological polar surface area (TPSA) is 164 Å². The second-order valence-electron chi connectivity index (χ2n) is 17.5. The van der Waals surface area contributed by atoms with Crippen LogP contribution >= 0.6 is 0 Å². The number of nitrogens with one attached hydrogen (secondary N) is 3. The second kappa shape index (κ2) is 15.9. The van der Waals surface area contributed by atoms with Crippen molar-refractivity contribution in [2.45, 2.75) is 91.1 Å². The lowest BCUT2D eigenvalue weighted by molar-refractivity contribution is -0.135. The fourth-order valence-electron chi connectivity index (χ4n) is 8.94. The quantitative estimate of drug-likeness (QED) is 0.133. The molecule has 5 aromatic rings. The highest BCUT2D eigenvalue weighted by atomic mass is 16.6. The number of amides is 3. The Morgan fingerprint density at radius 2 is 1.78 bits per heavy atom. The molecule has 2 aromatic heterocycles. The number of methoxy groups -OCH3 is 2. The first-order chi connectivity index (χ1) is 28.2. The van der Waals surface area contributed by atoms with Crippen molar-refractivity contribution in [1.29, 1.82) is 0 Å². The van der Waals surface area contributed by atoms with Crippen LogP contribution in [0.25, 0.3) is 44.2 Å². The number of aromatic nitrogens is 4. The first kappa shape index (κ1) is 40.2. The van der Waals surface area contributed by atoms with E-state index in [0.717, 1.165) is 86.4 Å². The zero-order valence-electron chi connectivity index (χ0n) is 35.2. The highest BCUT2D eigenvalue weighted by Gasteiger charge is 2.42. The Bertz CT molecular complexity index is 2400. The molecule has 14 nitrogen and oxygen atoms in total. The lowest BCUT2D eigenvalue weighted by atomic mass is 9.92. The van der Waals surface area contributed by atoms with Crippen LogP contribution in [-0.2, 0) is 25.6 Å². The lowest BCUT2D eigenvalue weighted by Crippen LogP contribution is -2.51. The third kappa shape index (κ3) is 7.82.